The SMILES string of the molecule is CC1CN2CC(C)[O][Ge]([CH]3C=CC=C3)([O]1)[O]C(C)C2. The molecule has 19 heavy (non-hydrogen) atoms. The normalized spacial score (nSPS) is 47.1. The molecular formula is C14H23GeNO3. The number of rotatable bonds is 1. The Hall–Kier alpha value is -0.137. The van der Waals surface area contributed by atoms with Crippen LogP contribution in [0.25, 0.3) is 0 Å². The van der Waals surface area contributed by atoms with E-state index in [0.29, 0.717) is 0 Å². The van der Waals surface area contributed by atoms with Crippen LogP contribution in [0.1, 0.15) is 20.8 Å². The Labute approximate surface area is 118 Å². The van der Waals surface area contributed by atoms with Gasteiger partial charge in [0, 0.05) is 0 Å². The third-order valence-electron chi connectivity index (χ3n) is 3.80. The van der Waals surface area contributed by atoms with E-state index in [0.717, 1.165) is 19.6 Å². The zero-order chi connectivity index (χ0) is 13.5. The van der Waals surface area contributed by atoms with Crippen LogP contribution in [0.15, 0.2) is 24.3 Å². The predicted octanol–water partition coefficient (Wildman–Crippen LogP) is 1.97. The second-order valence-electron chi connectivity index (χ2n) is 5.90. The first kappa shape index (κ1) is 13.8. The number of nitrogens with zero attached hydrogens (tertiary/aromatic N) is 1. The van der Waals surface area contributed by atoms with Crippen LogP contribution in [0.4, 0.5) is 0 Å². The van der Waals surface area contributed by atoms with Crippen molar-refractivity contribution in [2.24, 2.45) is 0 Å². The summed E-state index contributed by atoms with van der Waals surface area (Å²) in [5, 5.41) is 0. The molecule has 0 aromatic heterocycles. The Kier molecular flexibility index (Phi) is 3.88. The van der Waals surface area contributed by atoms with E-state index in [1.165, 1.54) is 0 Å². The van der Waals surface area contributed by atoms with Gasteiger partial charge in [-0.15, -0.1) is 0 Å². The molecular weight excluding hydrogens is 303 g/mol. The zero-order valence-corrected chi connectivity index (χ0v) is 14.0. The molecule has 3 heterocycles. The molecule has 0 aromatic carbocycles. The summed E-state index contributed by atoms with van der Waals surface area (Å²) in [6, 6.07) is 0. The molecule has 4 rings (SSSR count). The molecule has 0 N–H and O–H groups in total. The zero-order valence-electron chi connectivity index (χ0n) is 11.9. The van der Waals surface area contributed by atoms with E-state index in [-0.39, 0.29) is 23.1 Å². The number of fused-ring (bicyclic) bond motifs is 6. The second kappa shape index (κ2) is 5.33. The van der Waals surface area contributed by atoms with Crippen molar-refractivity contribution in [2.75, 3.05) is 19.6 Å². The van der Waals surface area contributed by atoms with Crippen LogP contribution in [-0.4, -0.2) is 57.1 Å². The average Bonchev–Trinajstić information content (AvgIpc) is 2.77. The van der Waals surface area contributed by atoms with E-state index in [4.69, 9.17) is 11.3 Å². The predicted molar refractivity (Wildman–Crippen MR) is 75.9 cm³/mol. The summed E-state index contributed by atoms with van der Waals surface area (Å²) in [7, 11) is 0. The van der Waals surface area contributed by atoms with E-state index < -0.39 is 14.3 Å². The summed E-state index contributed by atoms with van der Waals surface area (Å²) < 4.78 is 19.3. The van der Waals surface area contributed by atoms with Gasteiger partial charge in [0.2, 0.25) is 0 Å². The Morgan fingerprint density at radius 1 is 0.842 bits per heavy atom. The van der Waals surface area contributed by atoms with Crippen LogP contribution in [0.2, 0.25) is 4.75 Å². The van der Waals surface area contributed by atoms with Gasteiger partial charge in [-0.25, -0.2) is 0 Å². The van der Waals surface area contributed by atoms with E-state index in [9.17, 15) is 0 Å². The summed E-state index contributed by atoms with van der Waals surface area (Å²) in [5.41, 5.74) is 0. The molecule has 4 aliphatic rings. The molecule has 0 spiro atoms. The molecule has 1 aliphatic carbocycles. The van der Waals surface area contributed by atoms with E-state index in [1.807, 2.05) is 0 Å². The van der Waals surface area contributed by atoms with Gasteiger partial charge in [-0.3, -0.25) is 0 Å². The maximum atomic E-state index is 6.37. The molecule has 106 valence electrons. The van der Waals surface area contributed by atoms with Crippen LogP contribution in [0.5, 0.6) is 0 Å². The van der Waals surface area contributed by atoms with Crippen molar-refractivity contribution in [1.82, 2.24) is 4.90 Å². The number of allylic oxidation sites excluding steroid dienone is 4. The molecule has 3 fully saturated rings. The third-order valence-corrected chi connectivity index (χ3v) is 10.9. The van der Waals surface area contributed by atoms with Crippen LogP contribution >= 0.6 is 0 Å². The fourth-order valence-electron chi connectivity index (χ4n) is 3.25. The van der Waals surface area contributed by atoms with Crippen LogP contribution in [0, 0.1) is 0 Å². The van der Waals surface area contributed by atoms with Crippen molar-refractivity contribution < 1.29 is 11.3 Å². The summed E-state index contributed by atoms with van der Waals surface area (Å²) >= 11 is -3.29. The van der Waals surface area contributed by atoms with Crippen LogP contribution in [-0.2, 0) is 11.3 Å². The monoisotopic (exact) mass is 327 g/mol. The molecule has 0 saturated carbocycles. The van der Waals surface area contributed by atoms with Crippen LogP contribution < -0.4 is 0 Å². The van der Waals surface area contributed by atoms with Crippen molar-refractivity contribution in [3.63, 3.8) is 0 Å². The van der Waals surface area contributed by atoms with Crippen molar-refractivity contribution in [2.45, 2.75) is 43.8 Å². The maximum absolute atomic E-state index is 6.37. The molecule has 3 unspecified atom stereocenters. The van der Waals surface area contributed by atoms with Gasteiger partial charge >= 0.3 is 118 Å². The molecule has 4 nitrogen and oxygen atoms in total. The van der Waals surface area contributed by atoms with Gasteiger partial charge in [0.25, 0.3) is 0 Å². The first-order valence-corrected chi connectivity index (χ1v) is 11.0. The van der Waals surface area contributed by atoms with Crippen molar-refractivity contribution in [3.05, 3.63) is 24.3 Å². The average molecular weight is 326 g/mol. The molecule has 5 heteroatoms. The van der Waals surface area contributed by atoms with Gasteiger partial charge in [-0.1, -0.05) is 0 Å². The Morgan fingerprint density at radius 3 is 1.68 bits per heavy atom. The van der Waals surface area contributed by atoms with Crippen LogP contribution in [0.3, 0.4) is 0 Å². The summed E-state index contributed by atoms with van der Waals surface area (Å²) in [6.07, 6.45) is 9.04. The standard InChI is InChI=1S/C14H23GeNO3/c1-11-8-16-9-12(2)18-15(17-11,19-13(3)10-16)14-6-4-5-7-14/h4-7,11-14H,8-10H2,1-3H3. The topological polar surface area (TPSA) is 30.9 Å². The minimum atomic E-state index is -3.29. The summed E-state index contributed by atoms with van der Waals surface area (Å²) in [5.74, 6) is 0. The summed E-state index contributed by atoms with van der Waals surface area (Å²) in [4.78, 5) is 2.39. The van der Waals surface area contributed by atoms with Crippen molar-refractivity contribution >= 4 is 14.3 Å². The Morgan fingerprint density at radius 2 is 1.26 bits per heavy atom. The van der Waals surface area contributed by atoms with Gasteiger partial charge < -0.3 is 0 Å². The Bertz CT molecular complexity index is 350. The van der Waals surface area contributed by atoms with Gasteiger partial charge in [0.05, 0.1) is 0 Å². The molecule has 3 saturated heterocycles. The Balaban J connectivity index is 1.95. The molecule has 3 atom stereocenters. The van der Waals surface area contributed by atoms with E-state index in [1.54, 1.807) is 0 Å². The minimum absolute atomic E-state index is 0.183. The van der Waals surface area contributed by atoms with Gasteiger partial charge in [0.15, 0.2) is 0 Å². The number of hydrogen-bond donors (Lipinski definition) is 0. The first-order valence-electron chi connectivity index (χ1n) is 7.18. The first-order chi connectivity index (χ1) is 9.07. The van der Waals surface area contributed by atoms with E-state index in [2.05, 4.69) is 50.0 Å². The fraction of sp³-hybridized carbons (Fsp3) is 0.714. The third kappa shape index (κ3) is 2.83. The van der Waals surface area contributed by atoms with Gasteiger partial charge in [0.1, 0.15) is 0 Å². The second-order valence-corrected chi connectivity index (χ2v) is 11.3. The van der Waals surface area contributed by atoms with Gasteiger partial charge in [-0.2, -0.15) is 0 Å². The van der Waals surface area contributed by atoms with E-state index >= 15 is 0 Å². The fourth-order valence-corrected chi connectivity index (χ4v) is 10.0. The van der Waals surface area contributed by atoms with Crippen molar-refractivity contribution in [3.8, 4) is 0 Å². The van der Waals surface area contributed by atoms with Gasteiger partial charge in [-0.05, 0) is 0 Å². The molecule has 3 aliphatic heterocycles. The molecule has 0 radical (unpaired) electrons. The summed E-state index contributed by atoms with van der Waals surface area (Å²) in [6.45, 7) is 9.34. The molecule has 0 aromatic rings. The molecule has 2 bridgehead atoms. The molecule has 0 amide bonds. The van der Waals surface area contributed by atoms with Crippen molar-refractivity contribution in [1.29, 1.82) is 0 Å². The number of hydrogen-bond acceptors (Lipinski definition) is 4. The quantitative estimate of drug-likeness (QED) is 0.690.